The minimum absolute atomic E-state index is 0.212. The molecular formula is C19H27NO5. The van der Waals surface area contributed by atoms with Crippen molar-refractivity contribution in [3.63, 3.8) is 0 Å². The highest BCUT2D eigenvalue weighted by Crippen LogP contribution is 2.20. The van der Waals surface area contributed by atoms with E-state index in [9.17, 15) is 4.79 Å². The Balaban J connectivity index is 1.34. The van der Waals surface area contributed by atoms with E-state index in [0.717, 1.165) is 64.5 Å². The summed E-state index contributed by atoms with van der Waals surface area (Å²) < 4.78 is 21.9. The summed E-state index contributed by atoms with van der Waals surface area (Å²) in [5.74, 6) is 1.13. The summed E-state index contributed by atoms with van der Waals surface area (Å²) in [5.41, 5.74) is 0. The smallest absolute Gasteiger partial charge is 0.311 e. The third kappa shape index (κ3) is 6.30. The lowest BCUT2D eigenvalue weighted by Gasteiger charge is -2.26. The van der Waals surface area contributed by atoms with Gasteiger partial charge >= 0.3 is 5.97 Å². The van der Waals surface area contributed by atoms with Crippen molar-refractivity contribution < 1.29 is 23.7 Å². The molecule has 2 fully saturated rings. The highest BCUT2D eigenvalue weighted by molar-refractivity contribution is 5.72. The second kappa shape index (κ2) is 9.75. The Bertz CT molecular complexity index is 521. The van der Waals surface area contributed by atoms with Crippen molar-refractivity contribution in [1.29, 1.82) is 0 Å². The van der Waals surface area contributed by atoms with Crippen molar-refractivity contribution in [1.82, 2.24) is 4.90 Å². The molecule has 0 amide bonds. The molecule has 1 aromatic carbocycles. The second-order valence-corrected chi connectivity index (χ2v) is 6.42. The Hall–Kier alpha value is -1.63. The zero-order chi connectivity index (χ0) is 17.3. The lowest BCUT2D eigenvalue weighted by Crippen LogP contribution is -2.38. The average molecular weight is 349 g/mol. The number of ether oxygens (including phenoxy) is 4. The number of nitrogens with zero attached hydrogens (tertiary/aromatic N) is 1. The van der Waals surface area contributed by atoms with Crippen molar-refractivity contribution in [3.8, 4) is 11.5 Å². The quantitative estimate of drug-likeness (QED) is 0.530. The van der Waals surface area contributed by atoms with Crippen LogP contribution in [0, 0.1) is 0 Å². The molecule has 0 bridgehead atoms. The van der Waals surface area contributed by atoms with Gasteiger partial charge in [-0.2, -0.15) is 0 Å². The van der Waals surface area contributed by atoms with E-state index in [4.69, 9.17) is 18.9 Å². The fraction of sp³-hybridized carbons (Fsp3) is 0.632. The number of rotatable bonds is 8. The van der Waals surface area contributed by atoms with Gasteiger partial charge in [-0.3, -0.25) is 9.69 Å². The van der Waals surface area contributed by atoms with Gasteiger partial charge in [0.1, 0.15) is 18.1 Å². The van der Waals surface area contributed by atoms with E-state index in [-0.39, 0.29) is 12.1 Å². The molecule has 1 atom stereocenters. The fourth-order valence-corrected chi connectivity index (χ4v) is 3.05. The number of hydrogen-bond donors (Lipinski definition) is 0. The largest absolute Gasteiger partial charge is 0.492 e. The Kier molecular flexibility index (Phi) is 7.09. The van der Waals surface area contributed by atoms with Crippen LogP contribution in [0.4, 0.5) is 0 Å². The third-order valence-electron chi connectivity index (χ3n) is 4.53. The molecule has 0 aromatic heterocycles. The molecule has 2 aliphatic rings. The van der Waals surface area contributed by atoms with Gasteiger partial charge in [0.15, 0.2) is 0 Å². The van der Waals surface area contributed by atoms with Crippen LogP contribution in [0.1, 0.15) is 25.7 Å². The summed E-state index contributed by atoms with van der Waals surface area (Å²) in [6.45, 7) is 5.87. The topological polar surface area (TPSA) is 57.2 Å². The SMILES string of the molecule is O=C(CCC1CCCO1)Oc1ccc(OCCN2CCOCC2)cc1. The number of esters is 1. The Morgan fingerprint density at radius 3 is 2.60 bits per heavy atom. The van der Waals surface area contributed by atoms with E-state index < -0.39 is 0 Å². The first kappa shape index (κ1) is 18.2. The molecule has 25 heavy (non-hydrogen) atoms. The third-order valence-corrected chi connectivity index (χ3v) is 4.53. The summed E-state index contributed by atoms with van der Waals surface area (Å²) >= 11 is 0. The molecule has 0 aliphatic carbocycles. The van der Waals surface area contributed by atoms with E-state index in [2.05, 4.69) is 4.90 Å². The van der Waals surface area contributed by atoms with Gasteiger partial charge < -0.3 is 18.9 Å². The lowest BCUT2D eigenvalue weighted by molar-refractivity contribution is -0.135. The molecule has 138 valence electrons. The predicted molar refractivity (Wildman–Crippen MR) is 93.0 cm³/mol. The minimum atomic E-state index is -0.212. The van der Waals surface area contributed by atoms with Crippen LogP contribution in [0.3, 0.4) is 0 Å². The van der Waals surface area contributed by atoms with Gasteiger partial charge in [0.05, 0.1) is 19.3 Å². The number of morpholine rings is 1. The van der Waals surface area contributed by atoms with E-state index in [0.29, 0.717) is 18.8 Å². The zero-order valence-corrected chi connectivity index (χ0v) is 14.7. The summed E-state index contributed by atoms with van der Waals surface area (Å²) in [6.07, 6.45) is 3.48. The van der Waals surface area contributed by atoms with E-state index >= 15 is 0 Å². The highest BCUT2D eigenvalue weighted by atomic mass is 16.5. The number of carbonyl (C=O) groups excluding carboxylic acids is 1. The maximum absolute atomic E-state index is 11.9. The van der Waals surface area contributed by atoms with Crippen molar-refractivity contribution in [2.24, 2.45) is 0 Å². The van der Waals surface area contributed by atoms with Gasteiger partial charge in [-0.15, -0.1) is 0 Å². The Labute approximate surface area is 149 Å². The highest BCUT2D eigenvalue weighted by Gasteiger charge is 2.17. The number of carbonyl (C=O) groups is 1. The second-order valence-electron chi connectivity index (χ2n) is 6.42. The fourth-order valence-electron chi connectivity index (χ4n) is 3.05. The molecule has 3 rings (SSSR count). The van der Waals surface area contributed by atoms with Crippen LogP contribution >= 0.6 is 0 Å². The van der Waals surface area contributed by atoms with Gasteiger partial charge in [0.2, 0.25) is 0 Å². The molecule has 0 spiro atoms. The standard InChI is InChI=1S/C19H27NO5/c21-19(8-7-16-2-1-12-23-16)25-18-5-3-17(4-6-18)24-15-11-20-9-13-22-14-10-20/h3-6,16H,1-2,7-15H2. The molecule has 0 N–H and O–H groups in total. The number of hydrogen-bond acceptors (Lipinski definition) is 6. The van der Waals surface area contributed by atoms with Crippen molar-refractivity contribution in [3.05, 3.63) is 24.3 Å². The number of benzene rings is 1. The van der Waals surface area contributed by atoms with Gasteiger partial charge in [-0.1, -0.05) is 0 Å². The summed E-state index contributed by atoms with van der Waals surface area (Å²) in [5, 5.41) is 0. The van der Waals surface area contributed by atoms with E-state index in [1.807, 2.05) is 12.1 Å². The Morgan fingerprint density at radius 2 is 1.88 bits per heavy atom. The molecule has 0 saturated carbocycles. The summed E-state index contributed by atoms with van der Waals surface area (Å²) in [7, 11) is 0. The first-order valence-electron chi connectivity index (χ1n) is 9.15. The van der Waals surface area contributed by atoms with Crippen LogP contribution in [0.2, 0.25) is 0 Å². The van der Waals surface area contributed by atoms with Crippen LogP contribution in [0.15, 0.2) is 24.3 Å². The van der Waals surface area contributed by atoms with Crippen molar-refractivity contribution in [2.75, 3.05) is 46.1 Å². The monoisotopic (exact) mass is 349 g/mol. The maximum Gasteiger partial charge on any atom is 0.311 e. The molecule has 6 nitrogen and oxygen atoms in total. The lowest BCUT2D eigenvalue weighted by atomic mass is 10.1. The minimum Gasteiger partial charge on any atom is -0.492 e. The van der Waals surface area contributed by atoms with Crippen molar-refractivity contribution >= 4 is 5.97 Å². The molecule has 2 aliphatic heterocycles. The van der Waals surface area contributed by atoms with Crippen molar-refractivity contribution in [2.45, 2.75) is 31.8 Å². The molecule has 2 heterocycles. The van der Waals surface area contributed by atoms with Gasteiger partial charge in [-0.05, 0) is 43.5 Å². The first-order chi connectivity index (χ1) is 12.3. The zero-order valence-electron chi connectivity index (χ0n) is 14.7. The van der Waals surface area contributed by atoms with Gasteiger partial charge in [0.25, 0.3) is 0 Å². The first-order valence-corrected chi connectivity index (χ1v) is 9.15. The van der Waals surface area contributed by atoms with E-state index in [1.165, 1.54) is 0 Å². The van der Waals surface area contributed by atoms with Crippen LogP contribution in [0.5, 0.6) is 11.5 Å². The maximum atomic E-state index is 11.9. The Morgan fingerprint density at radius 1 is 1.12 bits per heavy atom. The van der Waals surface area contributed by atoms with Crippen LogP contribution in [-0.4, -0.2) is 63.0 Å². The van der Waals surface area contributed by atoms with Crippen LogP contribution in [-0.2, 0) is 14.3 Å². The predicted octanol–water partition coefficient (Wildman–Crippen LogP) is 2.26. The van der Waals surface area contributed by atoms with Crippen LogP contribution < -0.4 is 9.47 Å². The van der Waals surface area contributed by atoms with Gasteiger partial charge in [-0.25, -0.2) is 0 Å². The molecule has 1 unspecified atom stereocenters. The average Bonchev–Trinajstić information content (AvgIpc) is 3.16. The normalized spacial score (nSPS) is 21.2. The molecule has 1 aromatic rings. The van der Waals surface area contributed by atoms with Gasteiger partial charge in [0, 0.05) is 32.7 Å². The molecular weight excluding hydrogens is 322 g/mol. The molecule has 2 saturated heterocycles. The summed E-state index contributed by atoms with van der Waals surface area (Å²) in [6, 6.07) is 7.21. The summed E-state index contributed by atoms with van der Waals surface area (Å²) in [4.78, 5) is 14.2. The molecule has 0 radical (unpaired) electrons. The van der Waals surface area contributed by atoms with E-state index in [1.54, 1.807) is 12.1 Å². The van der Waals surface area contributed by atoms with Crippen LogP contribution in [0.25, 0.3) is 0 Å². The molecule has 6 heteroatoms.